The number of pyridine rings is 2. The van der Waals surface area contributed by atoms with E-state index in [2.05, 4.69) is 247 Å². The highest BCUT2D eigenvalue weighted by Crippen LogP contribution is 2.64. The monoisotopic (exact) mass is 920 g/mol. The van der Waals surface area contributed by atoms with Gasteiger partial charge >= 0.3 is 0 Å². The minimum Gasteiger partial charge on any atom is -0.317 e. The van der Waals surface area contributed by atoms with Crippen molar-refractivity contribution in [2.45, 2.75) is 83.0 Å². The average molecular weight is 921 g/mol. The van der Waals surface area contributed by atoms with Crippen molar-refractivity contribution < 1.29 is 0 Å². The Morgan fingerprint density at radius 3 is 1.31 bits per heavy atom. The van der Waals surface area contributed by atoms with E-state index in [1.165, 1.54) is 55.3 Å². The zero-order valence-electron chi connectivity index (χ0n) is 41.7. The second-order valence-electron chi connectivity index (χ2n) is 21.8. The number of amidine groups is 2. The topological polar surface area (TPSA) is 57.0 Å². The van der Waals surface area contributed by atoms with Crippen molar-refractivity contribution in [1.82, 2.24) is 9.97 Å². The van der Waals surface area contributed by atoms with Crippen molar-refractivity contribution in [2.24, 2.45) is 9.98 Å². The van der Waals surface area contributed by atoms with Crippen molar-refractivity contribution in [3.63, 3.8) is 0 Å². The Hall–Kier alpha value is -7.96. The van der Waals surface area contributed by atoms with E-state index < -0.39 is 5.41 Å². The first-order valence-electron chi connectivity index (χ1n) is 25.0. The van der Waals surface area contributed by atoms with Crippen molar-refractivity contribution in [1.29, 1.82) is 0 Å². The van der Waals surface area contributed by atoms with Gasteiger partial charge in [0.2, 0.25) is 0 Å². The molecule has 6 heteroatoms. The Morgan fingerprint density at radius 2 is 0.803 bits per heavy atom. The lowest BCUT2D eigenvalue weighted by Gasteiger charge is -2.41. The summed E-state index contributed by atoms with van der Waals surface area (Å²) in [7, 11) is 0. The molecular formula is C65H56N6. The highest BCUT2D eigenvalue weighted by molar-refractivity contribution is 6.13. The molecule has 4 heterocycles. The number of hydrogen-bond acceptors (Lipinski definition) is 6. The Bertz CT molecular complexity index is 3650. The van der Waals surface area contributed by atoms with Gasteiger partial charge in [-0.25, -0.2) is 0 Å². The molecular weight excluding hydrogens is 865 g/mol. The molecule has 1 spiro atoms. The van der Waals surface area contributed by atoms with Gasteiger partial charge in [0.05, 0.1) is 27.6 Å². The van der Waals surface area contributed by atoms with Crippen LogP contribution in [0.3, 0.4) is 0 Å². The fraction of sp³-hybridized carbons (Fsp3) is 0.200. The normalized spacial score (nSPS) is 18.0. The molecule has 0 radical (unpaired) electrons. The lowest BCUT2D eigenvalue weighted by atomic mass is 9.69. The lowest BCUT2D eigenvalue weighted by molar-refractivity contribution is 0.338. The Morgan fingerprint density at radius 1 is 0.366 bits per heavy atom. The van der Waals surface area contributed by atoms with E-state index in [1.54, 1.807) is 0 Å². The fourth-order valence-electron chi connectivity index (χ4n) is 12.1. The van der Waals surface area contributed by atoms with Crippen LogP contribution in [0.4, 0.5) is 11.4 Å². The van der Waals surface area contributed by atoms with Gasteiger partial charge in [-0.2, -0.15) is 0 Å². The molecule has 0 unspecified atom stereocenters. The summed E-state index contributed by atoms with van der Waals surface area (Å²) in [6, 6.07) is 66.7. The molecule has 0 fully saturated rings. The maximum absolute atomic E-state index is 5.32. The fourth-order valence-corrected chi connectivity index (χ4v) is 12.1. The van der Waals surface area contributed by atoms with Crippen molar-refractivity contribution >= 4 is 33.8 Å². The largest absolute Gasteiger partial charge is 0.317 e. The first kappa shape index (κ1) is 43.1. The predicted octanol–water partition coefficient (Wildman–Crippen LogP) is 15.0. The Balaban J connectivity index is 0.911. The molecule has 0 amide bonds. The van der Waals surface area contributed by atoms with Crippen LogP contribution in [0.25, 0.3) is 55.3 Å². The molecule has 2 aliphatic carbocycles. The van der Waals surface area contributed by atoms with Gasteiger partial charge in [-0.05, 0) is 170 Å². The minimum atomic E-state index is -0.536. The molecule has 2 aromatic heterocycles. The van der Waals surface area contributed by atoms with Crippen LogP contribution >= 0.6 is 0 Å². The number of aliphatic imine (C=N–C) groups is 2. The van der Waals surface area contributed by atoms with Crippen LogP contribution in [-0.4, -0.2) is 43.8 Å². The van der Waals surface area contributed by atoms with Gasteiger partial charge in [0.15, 0.2) is 11.7 Å². The predicted molar refractivity (Wildman–Crippen MR) is 294 cm³/mol. The number of nitrogens with zero attached hydrogens (tertiary/aromatic N) is 6. The molecule has 0 saturated heterocycles. The van der Waals surface area contributed by atoms with E-state index in [1.807, 2.05) is 12.4 Å². The van der Waals surface area contributed by atoms with E-state index in [4.69, 9.17) is 20.0 Å². The van der Waals surface area contributed by atoms with E-state index in [-0.39, 0.29) is 22.2 Å². The van der Waals surface area contributed by atoms with Crippen LogP contribution in [0.15, 0.2) is 204 Å². The molecule has 0 N–H and O–H groups in total. The molecule has 6 nitrogen and oxygen atoms in total. The van der Waals surface area contributed by atoms with Crippen molar-refractivity contribution in [2.75, 3.05) is 9.80 Å². The number of fused-ring (bicyclic) bond motifs is 12. The zero-order valence-corrected chi connectivity index (χ0v) is 41.7. The molecule has 71 heavy (non-hydrogen) atoms. The van der Waals surface area contributed by atoms with Crippen LogP contribution in [-0.2, 0) is 5.41 Å². The first-order valence-corrected chi connectivity index (χ1v) is 25.0. The summed E-state index contributed by atoms with van der Waals surface area (Å²) in [5, 5.41) is 2.45. The Kier molecular flexibility index (Phi) is 9.12. The van der Waals surface area contributed by atoms with Gasteiger partial charge in [0.1, 0.15) is 11.4 Å². The summed E-state index contributed by atoms with van der Waals surface area (Å²) in [4.78, 5) is 25.6. The molecule has 13 rings (SSSR count). The highest BCUT2D eigenvalue weighted by atomic mass is 15.4. The second-order valence-corrected chi connectivity index (χ2v) is 21.8. The van der Waals surface area contributed by atoms with Crippen LogP contribution in [0.1, 0.15) is 89.0 Å². The first-order chi connectivity index (χ1) is 34.2. The highest BCUT2D eigenvalue weighted by Gasteiger charge is 2.54. The van der Waals surface area contributed by atoms with Crippen LogP contribution in [0.2, 0.25) is 0 Å². The number of aromatic nitrogens is 2. The van der Waals surface area contributed by atoms with Gasteiger partial charge in [0, 0.05) is 34.9 Å². The number of hydrogen-bond donors (Lipinski definition) is 0. The summed E-state index contributed by atoms with van der Waals surface area (Å²) >= 11 is 0. The smallest absolute Gasteiger partial charge is 0.155 e. The van der Waals surface area contributed by atoms with Crippen LogP contribution in [0.5, 0.6) is 0 Å². The molecule has 4 aliphatic rings. The summed E-state index contributed by atoms with van der Waals surface area (Å²) in [6.45, 7) is 17.9. The third-order valence-corrected chi connectivity index (χ3v) is 17.0. The molecule has 7 aromatic carbocycles. The summed E-state index contributed by atoms with van der Waals surface area (Å²) in [6.07, 6.45) is 4.05. The molecule has 9 aromatic rings. The zero-order chi connectivity index (χ0) is 48.7. The quantitative estimate of drug-likeness (QED) is 0.167. The maximum atomic E-state index is 5.32. The number of rotatable bonds is 6. The molecule has 0 bridgehead atoms. The molecule has 0 atom stereocenters. The number of anilines is 2. The van der Waals surface area contributed by atoms with Crippen molar-refractivity contribution in [3.8, 4) is 44.5 Å². The number of para-hydroxylation sites is 2. The summed E-state index contributed by atoms with van der Waals surface area (Å²) in [5.74, 6) is 1.79. The van der Waals surface area contributed by atoms with E-state index in [9.17, 15) is 0 Å². The standard InChI is InChI=1S/C65H56N6/c1-61(2)63(5,6)70(46-19-11-9-12-20-46)59(68-61)56-35-30-44(39-66-56)41-27-32-48-43(37-41)29-34-52-51-33-28-42(38-55(51)65(58(48)52)53-25-17-15-23-49(53)50-24-16-18-26-54(50)65)45-31-36-57(67-40-45)60-69-62(3,4)64(7,8)71(60)47-21-13-10-14-22-47/h9-40H,1-8H3. The van der Waals surface area contributed by atoms with E-state index >= 15 is 0 Å². The average Bonchev–Trinajstić information content (AvgIpc) is 4.00. The van der Waals surface area contributed by atoms with Crippen LogP contribution in [0, 0.1) is 0 Å². The van der Waals surface area contributed by atoms with Crippen LogP contribution < -0.4 is 9.80 Å². The third kappa shape index (κ3) is 6.00. The van der Waals surface area contributed by atoms with Gasteiger partial charge in [-0.15, -0.1) is 0 Å². The second kappa shape index (κ2) is 15.0. The van der Waals surface area contributed by atoms with Gasteiger partial charge in [0.25, 0.3) is 0 Å². The summed E-state index contributed by atoms with van der Waals surface area (Å²) < 4.78 is 0. The van der Waals surface area contributed by atoms with Gasteiger partial charge in [-0.1, -0.05) is 133 Å². The van der Waals surface area contributed by atoms with Crippen molar-refractivity contribution in [3.05, 3.63) is 228 Å². The molecule has 0 saturated carbocycles. The lowest BCUT2D eigenvalue weighted by Crippen LogP contribution is -2.53. The SMILES string of the molecule is CC1(C)N=C(c2ccc(-c3ccc4c(c3)C3(c5ccccc5-c5ccccc53)c3c-4ccc4cc(-c5ccc(C6=NC(C)(C)C(C)(C)N6c6ccccc6)nc5)ccc34)cn2)N(c2ccccc2)C1(C)C. The molecule has 346 valence electrons. The maximum Gasteiger partial charge on any atom is 0.155 e. The van der Waals surface area contributed by atoms with E-state index in [0.717, 1.165) is 56.7 Å². The molecule has 2 aliphatic heterocycles. The summed E-state index contributed by atoms with van der Waals surface area (Å²) in [5.41, 5.74) is 17.1. The van der Waals surface area contributed by atoms with E-state index in [0.29, 0.717) is 0 Å². The van der Waals surface area contributed by atoms with Gasteiger partial charge in [-0.3, -0.25) is 20.0 Å². The third-order valence-electron chi connectivity index (χ3n) is 17.0. The van der Waals surface area contributed by atoms with Gasteiger partial charge < -0.3 is 9.80 Å². The number of benzene rings is 7. The minimum absolute atomic E-state index is 0.253. The Labute approximate surface area is 417 Å².